The Balaban J connectivity index is 1.77. The molecule has 1 fully saturated rings. The Hall–Kier alpha value is -1.91. The van der Waals surface area contributed by atoms with E-state index in [2.05, 4.69) is 28.4 Å². The molecule has 1 N–H and O–H groups in total. The lowest BCUT2D eigenvalue weighted by molar-refractivity contribution is 0.153. The molecule has 0 radical (unpaired) electrons. The topological polar surface area (TPSA) is 24.5 Å². The molecule has 0 bridgehead atoms. The van der Waals surface area contributed by atoms with Gasteiger partial charge >= 0.3 is 0 Å². The third-order valence-corrected chi connectivity index (χ3v) is 4.49. The molecule has 0 spiro atoms. The highest BCUT2D eigenvalue weighted by molar-refractivity contribution is 5.36. The van der Waals surface area contributed by atoms with Gasteiger partial charge in [0, 0.05) is 37.8 Å². The van der Waals surface area contributed by atoms with Crippen LogP contribution in [0.4, 0.5) is 4.39 Å². The summed E-state index contributed by atoms with van der Waals surface area (Å²) in [5.41, 5.74) is 2.23. The van der Waals surface area contributed by atoms with Crippen molar-refractivity contribution in [3.05, 3.63) is 65.7 Å². The molecule has 0 saturated carbocycles. The molecule has 1 heterocycles. The SMILES string of the molecule is FCC[C@H](c1ccccc1OCc1ccccc1)N1CCNCC1. The van der Waals surface area contributed by atoms with Gasteiger partial charge in [-0.25, -0.2) is 0 Å². The van der Waals surface area contributed by atoms with E-state index in [-0.39, 0.29) is 12.7 Å². The summed E-state index contributed by atoms with van der Waals surface area (Å²) in [7, 11) is 0. The second-order valence-corrected chi connectivity index (χ2v) is 6.09. The molecule has 1 aliphatic rings. The van der Waals surface area contributed by atoms with Crippen LogP contribution in [0.1, 0.15) is 23.6 Å². The summed E-state index contributed by atoms with van der Waals surface area (Å²) in [6, 6.07) is 18.3. The molecule has 3 rings (SSSR count). The average Bonchev–Trinajstić information content (AvgIpc) is 2.66. The minimum Gasteiger partial charge on any atom is -0.489 e. The van der Waals surface area contributed by atoms with Crippen molar-refractivity contribution in [3.63, 3.8) is 0 Å². The highest BCUT2D eigenvalue weighted by atomic mass is 19.1. The summed E-state index contributed by atoms with van der Waals surface area (Å²) in [4.78, 5) is 2.36. The number of nitrogens with one attached hydrogen (secondary N) is 1. The zero-order valence-electron chi connectivity index (χ0n) is 14.0. The normalized spacial score (nSPS) is 16.7. The average molecular weight is 328 g/mol. The van der Waals surface area contributed by atoms with Crippen molar-refractivity contribution in [1.29, 1.82) is 0 Å². The van der Waals surface area contributed by atoms with Crippen LogP contribution in [0.3, 0.4) is 0 Å². The molecule has 3 nitrogen and oxygen atoms in total. The van der Waals surface area contributed by atoms with Gasteiger partial charge in [0.2, 0.25) is 0 Å². The van der Waals surface area contributed by atoms with E-state index in [1.807, 2.05) is 36.4 Å². The summed E-state index contributed by atoms with van der Waals surface area (Å²) >= 11 is 0. The number of para-hydroxylation sites is 1. The zero-order chi connectivity index (χ0) is 16.6. The molecule has 0 aromatic heterocycles. The molecule has 0 unspecified atom stereocenters. The second-order valence-electron chi connectivity index (χ2n) is 6.09. The van der Waals surface area contributed by atoms with Crippen molar-refractivity contribution in [1.82, 2.24) is 10.2 Å². The van der Waals surface area contributed by atoms with Gasteiger partial charge in [-0.05, 0) is 18.1 Å². The van der Waals surface area contributed by atoms with Crippen LogP contribution in [0.15, 0.2) is 54.6 Å². The van der Waals surface area contributed by atoms with Crippen LogP contribution in [0.2, 0.25) is 0 Å². The van der Waals surface area contributed by atoms with Gasteiger partial charge in [0.05, 0.1) is 6.67 Å². The summed E-state index contributed by atoms with van der Waals surface area (Å²) in [6.45, 7) is 4.00. The van der Waals surface area contributed by atoms with Crippen molar-refractivity contribution in [2.75, 3.05) is 32.9 Å². The van der Waals surface area contributed by atoms with Gasteiger partial charge in [0.25, 0.3) is 0 Å². The molecule has 1 saturated heterocycles. The Bertz CT molecular complexity index is 614. The minimum absolute atomic E-state index is 0.0732. The molecule has 0 aliphatic carbocycles. The number of piperazine rings is 1. The molecular formula is C20H25FN2O. The largest absolute Gasteiger partial charge is 0.489 e. The van der Waals surface area contributed by atoms with Crippen molar-refractivity contribution in [2.24, 2.45) is 0 Å². The molecule has 0 amide bonds. The Kier molecular flexibility index (Phi) is 6.21. The number of rotatable bonds is 7. The van der Waals surface area contributed by atoms with Crippen molar-refractivity contribution in [3.8, 4) is 5.75 Å². The maximum atomic E-state index is 13.2. The highest BCUT2D eigenvalue weighted by Crippen LogP contribution is 2.32. The Morgan fingerprint density at radius 3 is 2.46 bits per heavy atom. The fraction of sp³-hybridized carbons (Fsp3) is 0.400. The quantitative estimate of drug-likeness (QED) is 0.841. The number of halogens is 1. The molecule has 2 aromatic carbocycles. The van der Waals surface area contributed by atoms with Crippen LogP contribution < -0.4 is 10.1 Å². The summed E-state index contributed by atoms with van der Waals surface area (Å²) in [5.74, 6) is 0.860. The fourth-order valence-corrected chi connectivity index (χ4v) is 3.25. The van der Waals surface area contributed by atoms with Gasteiger partial charge in [0.1, 0.15) is 12.4 Å². The number of hydrogen-bond donors (Lipinski definition) is 1. The molecule has 4 heteroatoms. The first-order valence-corrected chi connectivity index (χ1v) is 8.65. The van der Waals surface area contributed by atoms with Crippen LogP contribution >= 0.6 is 0 Å². The zero-order valence-corrected chi connectivity index (χ0v) is 14.0. The van der Waals surface area contributed by atoms with Gasteiger partial charge in [0.15, 0.2) is 0 Å². The van der Waals surface area contributed by atoms with Crippen LogP contribution in [0, 0.1) is 0 Å². The van der Waals surface area contributed by atoms with E-state index < -0.39 is 0 Å². The number of alkyl halides is 1. The lowest BCUT2D eigenvalue weighted by Gasteiger charge is -2.35. The van der Waals surface area contributed by atoms with Crippen molar-refractivity contribution >= 4 is 0 Å². The molecule has 1 aliphatic heterocycles. The first-order chi connectivity index (χ1) is 11.9. The summed E-state index contributed by atoms with van der Waals surface area (Å²) in [6.07, 6.45) is 0.506. The third kappa shape index (κ3) is 4.34. The van der Waals surface area contributed by atoms with Crippen LogP contribution in [-0.2, 0) is 6.61 Å². The lowest BCUT2D eigenvalue weighted by Crippen LogP contribution is -2.45. The van der Waals surface area contributed by atoms with E-state index >= 15 is 0 Å². The van der Waals surface area contributed by atoms with Gasteiger partial charge in [-0.1, -0.05) is 48.5 Å². The fourth-order valence-electron chi connectivity index (χ4n) is 3.25. The predicted molar refractivity (Wildman–Crippen MR) is 95.0 cm³/mol. The first kappa shape index (κ1) is 16.9. The van der Waals surface area contributed by atoms with E-state index in [1.165, 1.54) is 0 Å². The molecule has 2 aromatic rings. The van der Waals surface area contributed by atoms with Gasteiger partial charge in [-0.3, -0.25) is 9.29 Å². The minimum atomic E-state index is -0.318. The van der Waals surface area contributed by atoms with E-state index in [9.17, 15) is 4.39 Å². The number of ether oxygens (including phenoxy) is 1. The number of benzene rings is 2. The Morgan fingerprint density at radius 2 is 1.71 bits per heavy atom. The molecule has 128 valence electrons. The van der Waals surface area contributed by atoms with Crippen molar-refractivity contribution in [2.45, 2.75) is 19.1 Å². The van der Waals surface area contributed by atoms with Gasteiger partial charge in [-0.15, -0.1) is 0 Å². The van der Waals surface area contributed by atoms with Crippen molar-refractivity contribution < 1.29 is 9.13 Å². The number of hydrogen-bond acceptors (Lipinski definition) is 3. The van der Waals surface area contributed by atoms with Gasteiger partial charge in [-0.2, -0.15) is 0 Å². The van der Waals surface area contributed by atoms with E-state index in [0.717, 1.165) is 43.1 Å². The predicted octanol–water partition coefficient (Wildman–Crippen LogP) is 3.57. The van der Waals surface area contributed by atoms with Gasteiger partial charge < -0.3 is 10.1 Å². The van der Waals surface area contributed by atoms with E-state index in [1.54, 1.807) is 0 Å². The summed E-state index contributed by atoms with van der Waals surface area (Å²) < 4.78 is 19.3. The maximum Gasteiger partial charge on any atom is 0.124 e. The van der Waals surface area contributed by atoms with Crippen LogP contribution in [-0.4, -0.2) is 37.8 Å². The third-order valence-electron chi connectivity index (χ3n) is 4.49. The second kappa shape index (κ2) is 8.81. The number of nitrogens with zero attached hydrogens (tertiary/aromatic N) is 1. The molecule has 24 heavy (non-hydrogen) atoms. The maximum absolute atomic E-state index is 13.2. The summed E-state index contributed by atoms with van der Waals surface area (Å²) in [5, 5.41) is 3.36. The first-order valence-electron chi connectivity index (χ1n) is 8.65. The Labute approximate surface area is 143 Å². The standard InChI is InChI=1S/C20H25FN2O/c21-11-10-19(23-14-12-22-13-15-23)18-8-4-5-9-20(18)24-16-17-6-2-1-3-7-17/h1-9,19,22H,10-16H2/t19-/m1/s1. The monoisotopic (exact) mass is 328 g/mol. The smallest absolute Gasteiger partial charge is 0.124 e. The Morgan fingerprint density at radius 1 is 1.00 bits per heavy atom. The van der Waals surface area contributed by atoms with E-state index in [4.69, 9.17) is 4.74 Å². The highest BCUT2D eigenvalue weighted by Gasteiger charge is 2.24. The van der Waals surface area contributed by atoms with E-state index in [0.29, 0.717) is 13.0 Å². The van der Waals surface area contributed by atoms with Crippen LogP contribution in [0.25, 0.3) is 0 Å². The molecule has 1 atom stereocenters. The molecular weight excluding hydrogens is 303 g/mol. The lowest BCUT2D eigenvalue weighted by atomic mass is 10.0. The van der Waals surface area contributed by atoms with Crippen LogP contribution in [0.5, 0.6) is 5.75 Å².